The number of carbonyl (C=O) groups excluding carboxylic acids is 1. The number of anilines is 2. The summed E-state index contributed by atoms with van der Waals surface area (Å²) >= 11 is 1.37. The van der Waals surface area contributed by atoms with Crippen molar-refractivity contribution in [3.8, 4) is 11.3 Å². The molecule has 0 atom stereocenters. The largest absolute Gasteiger partial charge is 0.326 e. The first kappa shape index (κ1) is 18.3. The highest BCUT2D eigenvalue weighted by Crippen LogP contribution is 2.27. The van der Waals surface area contributed by atoms with Crippen LogP contribution in [0.1, 0.15) is 26.7 Å². The van der Waals surface area contributed by atoms with Crippen LogP contribution in [0.4, 0.5) is 11.6 Å². The Morgan fingerprint density at radius 3 is 2.65 bits per heavy atom. The molecule has 2 aromatic heterocycles. The number of fused-ring (bicyclic) bond motifs is 1. The summed E-state index contributed by atoms with van der Waals surface area (Å²) in [6.45, 7) is 3.39. The predicted octanol–water partition coefficient (Wildman–Crippen LogP) is 2.96. The second kappa shape index (κ2) is 7.42. The highest BCUT2D eigenvalue weighted by atomic mass is 32.2. The monoisotopic (exact) mass is 393 g/mol. The number of benzene rings is 1. The van der Waals surface area contributed by atoms with Crippen molar-refractivity contribution >= 4 is 43.9 Å². The van der Waals surface area contributed by atoms with Gasteiger partial charge in [-0.3, -0.25) is 4.79 Å². The Balaban J connectivity index is 1.85. The molecule has 0 radical (unpaired) electrons. The summed E-state index contributed by atoms with van der Waals surface area (Å²) in [4.78, 5) is 15.9. The van der Waals surface area contributed by atoms with Crippen molar-refractivity contribution < 1.29 is 13.2 Å². The lowest BCUT2D eigenvalue weighted by atomic mass is 10.1. The number of nitrogens with zero attached hydrogens (tertiary/aromatic N) is 3. The van der Waals surface area contributed by atoms with Crippen molar-refractivity contribution in [2.75, 3.05) is 15.8 Å². The van der Waals surface area contributed by atoms with Gasteiger partial charge in [-0.1, -0.05) is 25.5 Å². The van der Waals surface area contributed by atoms with Gasteiger partial charge in [-0.2, -0.15) is 4.98 Å². The summed E-state index contributed by atoms with van der Waals surface area (Å²) in [6.07, 6.45) is 1.38. The molecule has 10 heteroatoms. The van der Waals surface area contributed by atoms with E-state index in [9.17, 15) is 13.2 Å². The standard InChI is InChI=1S/C16H19N5O3S2/c1-3-4-9-26(23,24)20-15-18-16-21(19-15)14(10-25-16)12-5-7-13(8-6-12)17-11(2)22/h5-8,10H,3-4,9H2,1-2H3,(H,17,22)(H,19,20). The first-order valence-electron chi connectivity index (χ1n) is 8.11. The van der Waals surface area contributed by atoms with E-state index in [-0.39, 0.29) is 17.6 Å². The Morgan fingerprint density at radius 2 is 2.00 bits per heavy atom. The van der Waals surface area contributed by atoms with Crippen molar-refractivity contribution in [1.29, 1.82) is 0 Å². The maximum atomic E-state index is 12.0. The molecule has 8 nitrogen and oxygen atoms in total. The van der Waals surface area contributed by atoms with E-state index in [0.29, 0.717) is 17.1 Å². The van der Waals surface area contributed by atoms with Crippen LogP contribution in [0.25, 0.3) is 16.2 Å². The van der Waals surface area contributed by atoms with E-state index in [0.717, 1.165) is 17.7 Å². The smallest absolute Gasteiger partial charge is 0.257 e. The highest BCUT2D eigenvalue weighted by molar-refractivity contribution is 7.92. The third kappa shape index (κ3) is 4.20. The maximum absolute atomic E-state index is 12.0. The lowest BCUT2D eigenvalue weighted by molar-refractivity contribution is -0.114. The highest BCUT2D eigenvalue weighted by Gasteiger charge is 2.16. The number of carbonyl (C=O) groups is 1. The Kier molecular flexibility index (Phi) is 5.23. The zero-order chi connectivity index (χ0) is 18.7. The molecule has 0 unspecified atom stereocenters. The van der Waals surface area contributed by atoms with Crippen molar-refractivity contribution in [2.24, 2.45) is 0 Å². The topological polar surface area (TPSA) is 105 Å². The van der Waals surface area contributed by atoms with E-state index >= 15 is 0 Å². The van der Waals surface area contributed by atoms with Gasteiger partial charge in [-0.25, -0.2) is 17.7 Å². The van der Waals surface area contributed by atoms with E-state index in [1.807, 2.05) is 24.4 Å². The zero-order valence-electron chi connectivity index (χ0n) is 14.4. The third-order valence-electron chi connectivity index (χ3n) is 3.60. The van der Waals surface area contributed by atoms with Gasteiger partial charge in [0, 0.05) is 23.6 Å². The first-order chi connectivity index (χ1) is 12.4. The summed E-state index contributed by atoms with van der Waals surface area (Å²) in [5.41, 5.74) is 2.39. The van der Waals surface area contributed by atoms with Crippen LogP contribution in [0.2, 0.25) is 0 Å². The summed E-state index contributed by atoms with van der Waals surface area (Å²) in [5.74, 6) is -0.00981. The average molecular weight is 393 g/mol. The fraction of sp³-hybridized carbons (Fsp3) is 0.312. The van der Waals surface area contributed by atoms with Gasteiger partial charge >= 0.3 is 0 Å². The molecular weight excluding hydrogens is 374 g/mol. The van der Waals surface area contributed by atoms with Crippen LogP contribution in [-0.2, 0) is 14.8 Å². The number of thiazole rings is 1. The van der Waals surface area contributed by atoms with Crippen LogP contribution in [-0.4, -0.2) is 34.7 Å². The fourth-order valence-corrected chi connectivity index (χ4v) is 4.34. The van der Waals surface area contributed by atoms with Gasteiger partial charge in [-0.05, 0) is 18.6 Å². The SMILES string of the molecule is CCCCS(=O)(=O)Nc1nc2scc(-c3ccc(NC(C)=O)cc3)n2n1. The molecule has 2 heterocycles. The second-order valence-corrected chi connectivity index (χ2v) is 8.46. The van der Waals surface area contributed by atoms with Crippen LogP contribution in [0.15, 0.2) is 29.6 Å². The minimum Gasteiger partial charge on any atom is -0.326 e. The van der Waals surface area contributed by atoms with Gasteiger partial charge in [0.05, 0.1) is 11.4 Å². The third-order valence-corrected chi connectivity index (χ3v) is 5.73. The minimum atomic E-state index is -3.44. The quantitative estimate of drug-likeness (QED) is 0.642. The molecule has 2 N–H and O–H groups in total. The summed E-state index contributed by atoms with van der Waals surface area (Å²) in [5, 5.41) is 8.88. The normalized spacial score (nSPS) is 11.6. The fourth-order valence-electron chi connectivity index (χ4n) is 2.38. The molecule has 1 amide bonds. The molecule has 0 aliphatic rings. The molecule has 0 spiro atoms. The van der Waals surface area contributed by atoms with Gasteiger partial charge in [0.2, 0.25) is 20.9 Å². The molecule has 0 aliphatic heterocycles. The van der Waals surface area contributed by atoms with Gasteiger partial charge in [0.1, 0.15) is 0 Å². The lowest BCUT2D eigenvalue weighted by Crippen LogP contribution is -2.17. The van der Waals surface area contributed by atoms with E-state index < -0.39 is 10.0 Å². The number of hydrogen-bond acceptors (Lipinski definition) is 6. The number of hydrogen-bond donors (Lipinski definition) is 2. The van der Waals surface area contributed by atoms with Crippen LogP contribution < -0.4 is 10.0 Å². The van der Waals surface area contributed by atoms with Gasteiger partial charge < -0.3 is 5.32 Å². The molecule has 0 aliphatic carbocycles. The Hall–Kier alpha value is -2.46. The van der Waals surface area contributed by atoms with Gasteiger partial charge in [0.15, 0.2) is 0 Å². The van der Waals surface area contributed by atoms with E-state index in [2.05, 4.69) is 20.1 Å². The summed E-state index contributed by atoms with van der Waals surface area (Å²) < 4.78 is 28.0. The van der Waals surface area contributed by atoms with Crippen molar-refractivity contribution in [1.82, 2.24) is 14.6 Å². The zero-order valence-corrected chi connectivity index (χ0v) is 16.0. The van der Waals surface area contributed by atoms with E-state index in [1.165, 1.54) is 18.3 Å². The number of sulfonamides is 1. The average Bonchev–Trinajstić information content (AvgIpc) is 3.13. The Labute approximate surface area is 155 Å². The molecule has 26 heavy (non-hydrogen) atoms. The Bertz CT molecular complexity index is 1020. The molecule has 3 aromatic rings. The first-order valence-corrected chi connectivity index (χ1v) is 10.6. The lowest BCUT2D eigenvalue weighted by Gasteiger charge is -2.04. The molecular formula is C16H19N5O3S2. The molecule has 3 rings (SSSR count). The summed E-state index contributed by atoms with van der Waals surface area (Å²) in [6, 6.07) is 7.32. The van der Waals surface area contributed by atoms with Crippen LogP contribution in [0.3, 0.4) is 0 Å². The minimum absolute atomic E-state index is 0.0494. The maximum Gasteiger partial charge on any atom is 0.257 e. The number of rotatable bonds is 7. The van der Waals surface area contributed by atoms with E-state index in [4.69, 9.17) is 0 Å². The molecule has 0 bridgehead atoms. The van der Waals surface area contributed by atoms with Gasteiger partial charge in [0.25, 0.3) is 5.95 Å². The molecule has 138 valence electrons. The van der Waals surface area contributed by atoms with Crippen LogP contribution in [0.5, 0.6) is 0 Å². The van der Waals surface area contributed by atoms with Gasteiger partial charge in [-0.15, -0.1) is 16.4 Å². The molecule has 0 saturated carbocycles. The molecule has 0 fully saturated rings. The molecule has 1 aromatic carbocycles. The number of unbranched alkanes of at least 4 members (excludes halogenated alkanes) is 1. The van der Waals surface area contributed by atoms with Crippen LogP contribution in [0, 0.1) is 0 Å². The number of aromatic nitrogens is 3. The second-order valence-electron chi connectivity index (χ2n) is 5.78. The molecule has 0 saturated heterocycles. The summed E-state index contributed by atoms with van der Waals surface area (Å²) in [7, 11) is -3.44. The van der Waals surface area contributed by atoms with Crippen molar-refractivity contribution in [3.05, 3.63) is 29.6 Å². The van der Waals surface area contributed by atoms with Crippen LogP contribution >= 0.6 is 11.3 Å². The van der Waals surface area contributed by atoms with Crippen molar-refractivity contribution in [3.63, 3.8) is 0 Å². The number of nitrogens with one attached hydrogen (secondary N) is 2. The van der Waals surface area contributed by atoms with Crippen molar-refractivity contribution in [2.45, 2.75) is 26.7 Å². The number of amides is 1. The predicted molar refractivity (Wildman–Crippen MR) is 103 cm³/mol. The van der Waals surface area contributed by atoms with E-state index in [1.54, 1.807) is 16.6 Å². The Morgan fingerprint density at radius 1 is 1.27 bits per heavy atom.